The van der Waals surface area contributed by atoms with Crippen molar-refractivity contribution in [2.45, 2.75) is 38.4 Å². The van der Waals surface area contributed by atoms with Gasteiger partial charge in [-0.2, -0.15) is 0 Å². The van der Waals surface area contributed by atoms with Gasteiger partial charge in [-0.05, 0) is 50.7 Å². The fraction of sp³-hybridized carbons (Fsp3) is 0.308. The highest BCUT2D eigenvalue weighted by molar-refractivity contribution is 5.82. The van der Waals surface area contributed by atoms with E-state index in [-0.39, 0.29) is 17.9 Å². The third-order valence-electron chi connectivity index (χ3n) is 8.38. The summed E-state index contributed by atoms with van der Waals surface area (Å²) >= 11 is 0. The highest BCUT2D eigenvalue weighted by Gasteiger charge is 2.35. The first kappa shape index (κ1) is 31.1. The molecule has 45 heavy (non-hydrogen) atoms. The Kier molecular flexibility index (Phi) is 11.3. The highest BCUT2D eigenvalue weighted by Crippen LogP contribution is 2.34. The zero-order chi connectivity index (χ0) is 30.5. The van der Waals surface area contributed by atoms with Crippen LogP contribution in [0.2, 0.25) is 0 Å². The molecular weight excluding hydrogens is 560 g/mol. The monoisotopic (exact) mass is 602 g/mol. The number of aromatic nitrogens is 1. The minimum absolute atomic E-state index is 0.0149. The summed E-state index contributed by atoms with van der Waals surface area (Å²) in [6.45, 7) is 5.71. The highest BCUT2D eigenvalue weighted by atomic mass is 16.5. The summed E-state index contributed by atoms with van der Waals surface area (Å²) in [7, 11) is 0. The molecule has 1 N–H and O–H groups in total. The molecule has 6 heteroatoms. The third-order valence-corrected chi connectivity index (χ3v) is 8.38. The van der Waals surface area contributed by atoms with E-state index in [2.05, 4.69) is 95.2 Å². The Morgan fingerprint density at radius 1 is 0.600 bits per heavy atom. The molecule has 4 aromatic carbocycles. The number of pyridine rings is 1. The molecule has 1 aromatic heterocycles. The quantitative estimate of drug-likeness (QED) is 0.129. The number of piperidine rings is 1. The predicted octanol–water partition coefficient (Wildman–Crippen LogP) is 7.07. The summed E-state index contributed by atoms with van der Waals surface area (Å²) in [5.41, 5.74) is 5.85. The minimum Gasteiger partial charge on any atom is -0.376 e. The number of nitrogens with zero attached hydrogens (tertiary/aromatic N) is 1. The molecule has 0 spiro atoms. The lowest BCUT2D eigenvalue weighted by atomic mass is 9.79. The summed E-state index contributed by atoms with van der Waals surface area (Å²) < 4.78 is 24.6. The predicted molar refractivity (Wildman–Crippen MR) is 178 cm³/mol. The van der Waals surface area contributed by atoms with Crippen LogP contribution >= 0.6 is 0 Å². The van der Waals surface area contributed by atoms with E-state index < -0.39 is 0 Å². The van der Waals surface area contributed by atoms with Crippen LogP contribution in [0.1, 0.15) is 33.7 Å². The first-order chi connectivity index (χ1) is 22.3. The van der Waals surface area contributed by atoms with E-state index in [1.165, 1.54) is 27.5 Å². The second-order valence-corrected chi connectivity index (χ2v) is 11.7. The van der Waals surface area contributed by atoms with E-state index in [0.29, 0.717) is 46.2 Å². The fourth-order valence-corrected chi connectivity index (χ4v) is 6.03. The third kappa shape index (κ3) is 9.07. The normalized spacial score (nSPS) is 18.3. The molecule has 0 radical (unpaired) electrons. The Labute approximate surface area is 266 Å². The van der Waals surface area contributed by atoms with E-state index in [1.54, 1.807) is 6.20 Å². The van der Waals surface area contributed by atoms with E-state index >= 15 is 0 Å². The number of hydrogen-bond acceptors (Lipinski definition) is 6. The Hall–Kier alpha value is -3.91. The molecule has 3 unspecified atom stereocenters. The summed E-state index contributed by atoms with van der Waals surface area (Å²) in [4.78, 5) is 4.22. The molecule has 0 aliphatic carbocycles. The van der Waals surface area contributed by atoms with Crippen LogP contribution in [0.15, 0.2) is 122 Å². The standard InChI is InChI=1S/C39H42N2O4/c1-2-7-30(8-3-1)25-42-19-20-43-26-31-12-16-35(17-13-31)39-37(29-44-27-33-9-6-18-40-22-33)23-41-24-38(39)45-28-32-14-15-34-10-4-5-11-36(34)21-32/h1-18,21-22,37-39,41H,19-20,23-29H2. The van der Waals surface area contributed by atoms with Crippen molar-refractivity contribution in [1.82, 2.24) is 10.3 Å². The van der Waals surface area contributed by atoms with Gasteiger partial charge in [0.1, 0.15) is 0 Å². The second-order valence-electron chi connectivity index (χ2n) is 11.7. The fourth-order valence-electron chi connectivity index (χ4n) is 6.03. The van der Waals surface area contributed by atoms with Gasteiger partial charge >= 0.3 is 0 Å². The molecule has 6 rings (SSSR count). The van der Waals surface area contributed by atoms with Crippen LogP contribution < -0.4 is 5.32 Å². The van der Waals surface area contributed by atoms with Gasteiger partial charge in [-0.15, -0.1) is 0 Å². The van der Waals surface area contributed by atoms with Crippen molar-refractivity contribution in [3.63, 3.8) is 0 Å². The van der Waals surface area contributed by atoms with Gasteiger partial charge in [-0.3, -0.25) is 4.98 Å². The largest absolute Gasteiger partial charge is 0.376 e. The van der Waals surface area contributed by atoms with Crippen LogP contribution in [0.5, 0.6) is 0 Å². The summed E-state index contributed by atoms with van der Waals surface area (Å²) in [6, 6.07) is 38.1. The van der Waals surface area contributed by atoms with Crippen molar-refractivity contribution in [1.29, 1.82) is 0 Å². The smallest absolute Gasteiger partial charge is 0.0776 e. The first-order valence-electron chi connectivity index (χ1n) is 15.9. The van der Waals surface area contributed by atoms with Crippen molar-refractivity contribution in [3.8, 4) is 0 Å². The van der Waals surface area contributed by atoms with E-state index in [9.17, 15) is 0 Å². The van der Waals surface area contributed by atoms with Crippen molar-refractivity contribution in [3.05, 3.63) is 149 Å². The van der Waals surface area contributed by atoms with Gasteiger partial charge in [0.25, 0.3) is 0 Å². The van der Waals surface area contributed by atoms with E-state index in [0.717, 1.165) is 24.2 Å². The Bertz CT molecular complexity index is 1580. The van der Waals surface area contributed by atoms with Gasteiger partial charge in [0.2, 0.25) is 0 Å². The Morgan fingerprint density at radius 2 is 1.29 bits per heavy atom. The summed E-state index contributed by atoms with van der Waals surface area (Å²) in [5, 5.41) is 6.10. The van der Waals surface area contributed by atoms with Crippen molar-refractivity contribution in [2.24, 2.45) is 5.92 Å². The first-order valence-corrected chi connectivity index (χ1v) is 15.9. The number of rotatable bonds is 15. The van der Waals surface area contributed by atoms with Crippen LogP contribution in [0, 0.1) is 5.92 Å². The molecule has 1 fully saturated rings. The number of fused-ring (bicyclic) bond motifs is 1. The van der Waals surface area contributed by atoms with Gasteiger partial charge in [0.15, 0.2) is 0 Å². The molecule has 5 aromatic rings. The van der Waals surface area contributed by atoms with Gasteiger partial charge in [0.05, 0.1) is 52.4 Å². The SMILES string of the molecule is c1ccc(COCCOCc2ccc(C3C(COCc4cccnc4)CNCC3OCc3ccc4ccccc4c3)cc2)cc1. The second kappa shape index (κ2) is 16.4. The Morgan fingerprint density at radius 3 is 2.07 bits per heavy atom. The molecule has 1 aliphatic heterocycles. The summed E-state index contributed by atoms with van der Waals surface area (Å²) in [6.07, 6.45) is 3.67. The molecule has 0 amide bonds. The zero-order valence-corrected chi connectivity index (χ0v) is 25.7. The molecule has 0 saturated carbocycles. The number of hydrogen-bond donors (Lipinski definition) is 1. The van der Waals surface area contributed by atoms with Gasteiger partial charge in [0, 0.05) is 37.3 Å². The lowest BCUT2D eigenvalue weighted by Gasteiger charge is -2.39. The van der Waals surface area contributed by atoms with E-state index in [1.807, 2.05) is 30.5 Å². The van der Waals surface area contributed by atoms with Gasteiger partial charge in [-0.25, -0.2) is 0 Å². The van der Waals surface area contributed by atoms with Crippen LogP contribution in [-0.4, -0.2) is 44.0 Å². The van der Waals surface area contributed by atoms with Crippen LogP contribution in [0.4, 0.5) is 0 Å². The average Bonchev–Trinajstić information content (AvgIpc) is 3.10. The zero-order valence-electron chi connectivity index (χ0n) is 25.7. The van der Waals surface area contributed by atoms with Crippen LogP contribution in [0.3, 0.4) is 0 Å². The summed E-state index contributed by atoms with van der Waals surface area (Å²) in [5.74, 6) is 0.461. The van der Waals surface area contributed by atoms with Gasteiger partial charge < -0.3 is 24.3 Å². The molecule has 1 saturated heterocycles. The molecule has 232 valence electrons. The Balaban J connectivity index is 1.07. The maximum atomic E-state index is 6.68. The molecular formula is C39H42N2O4. The minimum atomic E-state index is 0.0149. The molecule has 0 bridgehead atoms. The maximum absolute atomic E-state index is 6.68. The molecule has 3 atom stereocenters. The lowest BCUT2D eigenvalue weighted by molar-refractivity contribution is -0.0265. The van der Waals surface area contributed by atoms with Crippen molar-refractivity contribution < 1.29 is 18.9 Å². The van der Waals surface area contributed by atoms with Crippen molar-refractivity contribution in [2.75, 3.05) is 32.9 Å². The van der Waals surface area contributed by atoms with E-state index in [4.69, 9.17) is 18.9 Å². The topological polar surface area (TPSA) is 61.8 Å². The lowest BCUT2D eigenvalue weighted by Crippen LogP contribution is -2.48. The average molecular weight is 603 g/mol. The molecule has 1 aliphatic rings. The van der Waals surface area contributed by atoms with Crippen molar-refractivity contribution >= 4 is 10.8 Å². The maximum Gasteiger partial charge on any atom is 0.0776 e. The number of nitrogens with one attached hydrogen (secondary N) is 1. The van der Waals surface area contributed by atoms with Crippen LogP contribution in [0.25, 0.3) is 10.8 Å². The number of ether oxygens (including phenoxy) is 4. The van der Waals surface area contributed by atoms with Crippen LogP contribution in [-0.2, 0) is 45.4 Å². The van der Waals surface area contributed by atoms with Gasteiger partial charge in [-0.1, -0.05) is 97.1 Å². The molecule has 6 nitrogen and oxygen atoms in total. The number of benzene rings is 4. The molecule has 2 heterocycles.